The average molecular weight is 436 g/mol. The molecule has 0 aliphatic carbocycles. The first kappa shape index (κ1) is 21.2. The van der Waals surface area contributed by atoms with E-state index in [4.69, 9.17) is 42.8 Å². The highest BCUT2D eigenvalue weighted by Gasteiger charge is 2.22. The first-order valence-electron chi connectivity index (χ1n) is 8.96. The molecule has 0 aliphatic heterocycles. The molecule has 0 unspecified atom stereocenters. The molecule has 6 nitrogen and oxygen atoms in total. The van der Waals surface area contributed by atoms with E-state index in [0.717, 1.165) is 6.42 Å². The van der Waals surface area contributed by atoms with Gasteiger partial charge in [0.15, 0.2) is 0 Å². The fourth-order valence-corrected chi connectivity index (χ4v) is 3.02. The zero-order valence-electron chi connectivity index (χ0n) is 15.8. The Hall–Kier alpha value is -2.54. The number of fused-ring (bicyclic) bond motifs is 1. The average Bonchev–Trinajstić information content (AvgIpc) is 2.70. The minimum absolute atomic E-state index is 0.0136. The Bertz CT molecular complexity index is 1110. The van der Waals surface area contributed by atoms with Crippen LogP contribution in [-0.4, -0.2) is 12.0 Å². The summed E-state index contributed by atoms with van der Waals surface area (Å²) in [6.07, 6.45) is 1.93. The van der Waals surface area contributed by atoms with Gasteiger partial charge in [0.05, 0.1) is 10.4 Å². The monoisotopic (exact) mass is 435 g/mol. The van der Waals surface area contributed by atoms with Gasteiger partial charge >= 0.3 is 5.97 Å². The summed E-state index contributed by atoms with van der Waals surface area (Å²) >= 11 is 11.9. The second-order valence-electron chi connectivity index (χ2n) is 6.60. The van der Waals surface area contributed by atoms with Crippen molar-refractivity contribution >= 4 is 40.1 Å². The van der Waals surface area contributed by atoms with Gasteiger partial charge in [-0.15, -0.1) is 0 Å². The third-order valence-corrected chi connectivity index (χ3v) is 5.11. The predicted octanol–water partition coefficient (Wildman–Crippen LogP) is 5.17. The van der Waals surface area contributed by atoms with E-state index in [-0.39, 0.29) is 39.2 Å². The van der Waals surface area contributed by atoms with Crippen LogP contribution in [-0.2, 0) is 4.79 Å². The Balaban J connectivity index is 1.85. The van der Waals surface area contributed by atoms with Gasteiger partial charge in [-0.3, -0.25) is 4.79 Å². The number of hydrogen-bond acceptors (Lipinski definition) is 6. The molecule has 0 bridgehead atoms. The van der Waals surface area contributed by atoms with Crippen molar-refractivity contribution in [3.63, 3.8) is 0 Å². The summed E-state index contributed by atoms with van der Waals surface area (Å²) in [6.45, 7) is 3.82. The number of halogens is 2. The van der Waals surface area contributed by atoms with Crippen molar-refractivity contribution in [2.75, 3.05) is 0 Å². The molecule has 2 aromatic carbocycles. The van der Waals surface area contributed by atoms with E-state index in [0.29, 0.717) is 5.02 Å². The third-order valence-electron chi connectivity index (χ3n) is 4.58. The van der Waals surface area contributed by atoms with E-state index < -0.39 is 17.4 Å². The lowest BCUT2D eigenvalue weighted by molar-refractivity contribution is -0.137. The zero-order valence-corrected chi connectivity index (χ0v) is 17.3. The van der Waals surface area contributed by atoms with Gasteiger partial charge in [0, 0.05) is 11.1 Å². The van der Waals surface area contributed by atoms with Crippen molar-refractivity contribution in [3.8, 4) is 17.2 Å². The molecule has 0 saturated carbocycles. The van der Waals surface area contributed by atoms with Gasteiger partial charge < -0.3 is 19.6 Å². The van der Waals surface area contributed by atoms with Gasteiger partial charge in [-0.2, -0.15) is 0 Å². The summed E-state index contributed by atoms with van der Waals surface area (Å²) in [5, 5.41) is 0.971. The molecule has 0 spiro atoms. The highest BCUT2D eigenvalue weighted by atomic mass is 35.5. The first-order valence-corrected chi connectivity index (χ1v) is 9.71. The lowest BCUT2D eigenvalue weighted by Gasteiger charge is -2.16. The highest BCUT2D eigenvalue weighted by molar-refractivity contribution is 6.35. The minimum Gasteiger partial charge on any atom is -0.460 e. The number of hydrogen-bond donors (Lipinski definition) is 1. The van der Waals surface area contributed by atoms with Crippen molar-refractivity contribution in [2.24, 2.45) is 11.7 Å². The molecule has 152 valence electrons. The molecule has 1 aromatic heterocycles. The SMILES string of the molecule is CC[C@H](C)[C@@H](N)C(=O)Oc1ccc2c(=O)c(Oc3ccc(Cl)cc3Cl)coc2c1. The number of esters is 1. The van der Waals surface area contributed by atoms with Crippen LogP contribution in [0.1, 0.15) is 20.3 Å². The van der Waals surface area contributed by atoms with Crippen LogP contribution in [0.25, 0.3) is 11.0 Å². The largest absolute Gasteiger partial charge is 0.460 e. The molecule has 8 heteroatoms. The first-order chi connectivity index (χ1) is 13.8. The van der Waals surface area contributed by atoms with Crippen LogP contribution < -0.4 is 20.6 Å². The standard InChI is InChI=1S/C21H19Cl2NO5/c1-3-11(2)19(24)21(26)28-13-5-6-14-17(9-13)27-10-18(20(14)25)29-16-7-4-12(22)8-15(16)23/h4-11,19H,3,24H2,1-2H3/t11-,19+/m0/s1. The number of rotatable bonds is 6. The maximum absolute atomic E-state index is 12.7. The Kier molecular flexibility index (Phi) is 6.47. The topological polar surface area (TPSA) is 91.8 Å². The quantitative estimate of drug-likeness (QED) is 0.423. The second kappa shape index (κ2) is 8.86. The summed E-state index contributed by atoms with van der Waals surface area (Å²) in [5.41, 5.74) is 5.73. The fourth-order valence-electron chi connectivity index (χ4n) is 2.57. The molecule has 2 N–H and O–H groups in total. The third kappa shape index (κ3) is 4.72. The van der Waals surface area contributed by atoms with Crippen molar-refractivity contribution in [1.82, 2.24) is 0 Å². The molecule has 1 heterocycles. The van der Waals surface area contributed by atoms with Crippen molar-refractivity contribution < 1.29 is 18.7 Å². The van der Waals surface area contributed by atoms with E-state index in [2.05, 4.69) is 0 Å². The Labute approximate surface area is 177 Å². The van der Waals surface area contributed by atoms with E-state index in [1.54, 1.807) is 12.1 Å². The van der Waals surface area contributed by atoms with Gasteiger partial charge in [0.25, 0.3) is 0 Å². The number of carbonyl (C=O) groups is 1. The number of ether oxygens (including phenoxy) is 2. The maximum atomic E-state index is 12.7. The van der Waals surface area contributed by atoms with Crippen LogP contribution in [0.4, 0.5) is 0 Å². The van der Waals surface area contributed by atoms with Crippen LogP contribution >= 0.6 is 23.2 Å². The minimum atomic E-state index is -0.734. The molecular formula is C21H19Cl2NO5. The number of nitrogens with two attached hydrogens (primary N) is 1. The fraction of sp³-hybridized carbons (Fsp3) is 0.238. The lowest BCUT2D eigenvalue weighted by Crippen LogP contribution is -2.39. The molecule has 0 saturated heterocycles. The van der Waals surface area contributed by atoms with Gasteiger partial charge in [-0.25, -0.2) is 4.79 Å². The molecule has 29 heavy (non-hydrogen) atoms. The number of benzene rings is 2. The van der Waals surface area contributed by atoms with E-state index >= 15 is 0 Å². The van der Waals surface area contributed by atoms with Crippen LogP contribution in [0.15, 0.2) is 51.9 Å². The second-order valence-corrected chi connectivity index (χ2v) is 7.44. The zero-order chi connectivity index (χ0) is 21.1. The molecule has 3 rings (SSSR count). The lowest BCUT2D eigenvalue weighted by atomic mass is 10.0. The predicted molar refractivity (Wildman–Crippen MR) is 112 cm³/mol. The smallest absolute Gasteiger partial charge is 0.328 e. The van der Waals surface area contributed by atoms with Gasteiger partial charge in [0.1, 0.15) is 29.4 Å². The molecule has 0 radical (unpaired) electrons. The summed E-state index contributed by atoms with van der Waals surface area (Å²) in [5.74, 6) is -0.0879. The highest BCUT2D eigenvalue weighted by Crippen LogP contribution is 2.31. The molecule has 0 aliphatic rings. The van der Waals surface area contributed by atoms with Crippen LogP contribution in [0.3, 0.4) is 0 Å². The summed E-state index contributed by atoms with van der Waals surface area (Å²) in [6, 6.07) is 8.37. The van der Waals surface area contributed by atoms with Crippen LogP contribution in [0.2, 0.25) is 10.0 Å². The summed E-state index contributed by atoms with van der Waals surface area (Å²) in [4.78, 5) is 24.8. The van der Waals surface area contributed by atoms with Gasteiger partial charge in [0.2, 0.25) is 11.2 Å². The molecule has 2 atom stereocenters. The Morgan fingerprint density at radius 2 is 1.93 bits per heavy atom. The molecule has 0 fully saturated rings. The van der Waals surface area contributed by atoms with E-state index in [1.807, 2.05) is 13.8 Å². The van der Waals surface area contributed by atoms with Gasteiger partial charge in [-0.05, 0) is 36.2 Å². The normalized spacial score (nSPS) is 13.1. The van der Waals surface area contributed by atoms with E-state index in [9.17, 15) is 9.59 Å². The van der Waals surface area contributed by atoms with Crippen LogP contribution in [0.5, 0.6) is 17.2 Å². The molecular weight excluding hydrogens is 417 g/mol. The molecule has 0 amide bonds. The van der Waals surface area contributed by atoms with Crippen molar-refractivity contribution in [3.05, 3.63) is 62.9 Å². The van der Waals surface area contributed by atoms with Crippen molar-refractivity contribution in [2.45, 2.75) is 26.3 Å². The van der Waals surface area contributed by atoms with Crippen molar-refractivity contribution in [1.29, 1.82) is 0 Å². The Morgan fingerprint density at radius 3 is 2.62 bits per heavy atom. The summed E-state index contributed by atoms with van der Waals surface area (Å²) < 4.78 is 16.4. The van der Waals surface area contributed by atoms with Crippen LogP contribution in [0, 0.1) is 5.92 Å². The summed E-state index contributed by atoms with van der Waals surface area (Å²) in [7, 11) is 0. The Morgan fingerprint density at radius 1 is 1.17 bits per heavy atom. The van der Waals surface area contributed by atoms with E-state index in [1.165, 1.54) is 30.5 Å². The maximum Gasteiger partial charge on any atom is 0.328 e. The molecule has 3 aromatic rings. The number of carbonyl (C=O) groups excluding carboxylic acids is 1. The van der Waals surface area contributed by atoms with Gasteiger partial charge in [-0.1, -0.05) is 43.5 Å².